The zero-order chi connectivity index (χ0) is 18.9. The fraction of sp³-hybridized carbons (Fsp3) is 0.550. The molecule has 0 radical (unpaired) electrons. The molecule has 6 nitrogen and oxygen atoms in total. The first-order valence-corrected chi connectivity index (χ1v) is 9.40. The summed E-state index contributed by atoms with van der Waals surface area (Å²) in [5, 5.41) is 4.71. The summed E-state index contributed by atoms with van der Waals surface area (Å²) in [6.07, 6.45) is 3.59. The van der Waals surface area contributed by atoms with Crippen LogP contribution >= 0.6 is 0 Å². The summed E-state index contributed by atoms with van der Waals surface area (Å²) in [5.74, 6) is 1.32. The fourth-order valence-electron chi connectivity index (χ4n) is 3.55. The first-order valence-electron chi connectivity index (χ1n) is 9.40. The molecule has 0 saturated heterocycles. The first kappa shape index (κ1) is 18.6. The van der Waals surface area contributed by atoms with E-state index in [1.54, 1.807) is 7.11 Å². The third kappa shape index (κ3) is 3.38. The Labute approximate surface area is 155 Å². The van der Waals surface area contributed by atoms with Crippen LogP contribution in [0.3, 0.4) is 0 Å². The molecule has 5 N–H and O–H groups in total. The smallest absolute Gasteiger partial charge is 0.149 e. The van der Waals surface area contributed by atoms with Crippen LogP contribution in [0, 0.1) is 5.41 Å². The minimum absolute atomic E-state index is 0.00454. The van der Waals surface area contributed by atoms with Crippen LogP contribution in [0.4, 0.5) is 17.2 Å². The minimum Gasteiger partial charge on any atom is -0.497 e. The third-order valence-corrected chi connectivity index (χ3v) is 5.15. The maximum atomic E-state index is 6.31. The summed E-state index contributed by atoms with van der Waals surface area (Å²) >= 11 is 0. The van der Waals surface area contributed by atoms with E-state index in [1.807, 2.05) is 12.1 Å². The molecule has 0 spiro atoms. The van der Waals surface area contributed by atoms with Crippen molar-refractivity contribution < 1.29 is 4.74 Å². The SMILES string of the molecule is CCCCC1Nc2c(N)nc3cc(OC)ccc3c2N1CC(C)(C)CN. The van der Waals surface area contributed by atoms with Gasteiger partial charge in [0.05, 0.1) is 24.5 Å². The van der Waals surface area contributed by atoms with Gasteiger partial charge in [-0.2, -0.15) is 0 Å². The van der Waals surface area contributed by atoms with E-state index in [4.69, 9.17) is 16.2 Å². The second-order valence-corrected chi connectivity index (χ2v) is 7.90. The molecule has 6 heteroatoms. The molecule has 142 valence electrons. The molecule has 26 heavy (non-hydrogen) atoms. The molecule has 0 bridgehead atoms. The standard InChI is InChI=1S/C20H31N5O/c1-5-6-7-16-24-17-18(25(16)12-20(2,3)11-21)14-9-8-13(26-4)10-15(14)23-19(17)22/h8-10,16,24H,5-7,11-12,21H2,1-4H3,(H2,22,23). The van der Waals surface area contributed by atoms with Gasteiger partial charge < -0.3 is 26.4 Å². The van der Waals surface area contributed by atoms with Gasteiger partial charge in [0.15, 0.2) is 0 Å². The van der Waals surface area contributed by atoms with Crippen molar-refractivity contribution in [3.05, 3.63) is 18.2 Å². The summed E-state index contributed by atoms with van der Waals surface area (Å²) in [4.78, 5) is 7.04. The highest BCUT2D eigenvalue weighted by Crippen LogP contribution is 2.45. The highest BCUT2D eigenvalue weighted by molar-refractivity contribution is 6.04. The van der Waals surface area contributed by atoms with Gasteiger partial charge in [-0.1, -0.05) is 27.2 Å². The highest BCUT2D eigenvalue weighted by Gasteiger charge is 2.35. The summed E-state index contributed by atoms with van der Waals surface area (Å²) < 4.78 is 5.35. The van der Waals surface area contributed by atoms with E-state index in [9.17, 15) is 0 Å². The molecule has 0 aliphatic carbocycles. The van der Waals surface area contributed by atoms with Crippen molar-refractivity contribution in [2.75, 3.05) is 36.1 Å². The molecule has 0 saturated carbocycles. The molecule has 1 aromatic carbocycles. The van der Waals surface area contributed by atoms with Crippen molar-refractivity contribution >= 4 is 28.1 Å². The minimum atomic E-state index is 0.00454. The van der Waals surface area contributed by atoms with E-state index in [1.165, 1.54) is 0 Å². The number of aromatic nitrogens is 1. The number of hydrogen-bond acceptors (Lipinski definition) is 6. The normalized spacial score (nSPS) is 16.7. The maximum absolute atomic E-state index is 6.31. The average Bonchev–Trinajstić information content (AvgIpc) is 2.98. The molecular weight excluding hydrogens is 326 g/mol. The maximum Gasteiger partial charge on any atom is 0.149 e. The Morgan fingerprint density at radius 1 is 1.35 bits per heavy atom. The number of nitrogen functional groups attached to an aromatic ring is 1. The van der Waals surface area contributed by atoms with E-state index in [0.717, 1.165) is 53.8 Å². The molecular formula is C20H31N5O. The monoisotopic (exact) mass is 357 g/mol. The van der Waals surface area contributed by atoms with Gasteiger partial charge in [0, 0.05) is 18.0 Å². The van der Waals surface area contributed by atoms with E-state index in [0.29, 0.717) is 12.4 Å². The number of fused-ring (bicyclic) bond motifs is 3. The summed E-state index contributed by atoms with van der Waals surface area (Å²) in [6.45, 7) is 8.12. The number of hydrogen-bond donors (Lipinski definition) is 3. The van der Waals surface area contributed by atoms with E-state index in [2.05, 4.69) is 42.0 Å². The van der Waals surface area contributed by atoms with Crippen LogP contribution in [-0.4, -0.2) is 31.3 Å². The number of anilines is 3. The number of ether oxygens (including phenoxy) is 1. The lowest BCUT2D eigenvalue weighted by Gasteiger charge is -2.35. The Bertz CT molecular complexity index is 789. The zero-order valence-electron chi connectivity index (χ0n) is 16.3. The number of nitrogens with two attached hydrogens (primary N) is 2. The number of nitrogens with zero attached hydrogens (tertiary/aromatic N) is 2. The van der Waals surface area contributed by atoms with Crippen molar-refractivity contribution in [1.82, 2.24) is 4.98 Å². The topological polar surface area (TPSA) is 89.4 Å². The molecule has 1 atom stereocenters. The Morgan fingerprint density at radius 2 is 2.12 bits per heavy atom. The molecule has 1 aromatic heterocycles. The van der Waals surface area contributed by atoms with Crippen LogP contribution < -0.4 is 26.4 Å². The van der Waals surface area contributed by atoms with Gasteiger partial charge in [0.1, 0.15) is 17.3 Å². The van der Waals surface area contributed by atoms with Crippen LogP contribution in [-0.2, 0) is 0 Å². The number of methoxy groups -OCH3 is 1. The van der Waals surface area contributed by atoms with Gasteiger partial charge in [0.25, 0.3) is 0 Å². The Morgan fingerprint density at radius 3 is 2.77 bits per heavy atom. The lowest BCUT2D eigenvalue weighted by atomic mass is 9.92. The number of benzene rings is 1. The van der Waals surface area contributed by atoms with Crippen molar-refractivity contribution in [3.63, 3.8) is 0 Å². The summed E-state index contributed by atoms with van der Waals surface area (Å²) in [6, 6.07) is 6.00. The number of rotatable bonds is 7. The van der Waals surface area contributed by atoms with Gasteiger partial charge in [-0.15, -0.1) is 0 Å². The third-order valence-electron chi connectivity index (χ3n) is 5.15. The average molecular weight is 358 g/mol. The van der Waals surface area contributed by atoms with Gasteiger partial charge >= 0.3 is 0 Å². The molecule has 2 aromatic rings. The van der Waals surface area contributed by atoms with Crippen molar-refractivity contribution in [2.45, 2.75) is 46.2 Å². The van der Waals surface area contributed by atoms with Crippen LogP contribution in [0.5, 0.6) is 5.75 Å². The molecule has 0 fully saturated rings. The van der Waals surface area contributed by atoms with Gasteiger partial charge in [-0.05, 0) is 36.9 Å². The van der Waals surface area contributed by atoms with Crippen LogP contribution in [0.15, 0.2) is 18.2 Å². The number of pyridine rings is 1. The van der Waals surface area contributed by atoms with E-state index >= 15 is 0 Å². The second kappa shape index (κ2) is 7.19. The molecule has 1 unspecified atom stereocenters. The van der Waals surface area contributed by atoms with E-state index in [-0.39, 0.29) is 11.6 Å². The molecule has 0 amide bonds. The van der Waals surface area contributed by atoms with Crippen molar-refractivity contribution in [2.24, 2.45) is 11.1 Å². The largest absolute Gasteiger partial charge is 0.497 e. The predicted molar refractivity (Wildman–Crippen MR) is 110 cm³/mol. The Balaban J connectivity index is 2.12. The fourth-order valence-corrected chi connectivity index (χ4v) is 3.55. The van der Waals surface area contributed by atoms with Crippen molar-refractivity contribution in [1.29, 1.82) is 0 Å². The summed E-state index contributed by atoms with van der Waals surface area (Å²) in [5.41, 5.74) is 15.3. The Hall–Kier alpha value is -2.21. The summed E-state index contributed by atoms with van der Waals surface area (Å²) in [7, 11) is 1.66. The van der Waals surface area contributed by atoms with Crippen LogP contribution in [0.2, 0.25) is 0 Å². The highest BCUT2D eigenvalue weighted by atomic mass is 16.5. The zero-order valence-corrected chi connectivity index (χ0v) is 16.3. The number of nitrogens with one attached hydrogen (secondary N) is 1. The quantitative estimate of drug-likeness (QED) is 0.702. The van der Waals surface area contributed by atoms with Crippen molar-refractivity contribution in [3.8, 4) is 5.75 Å². The molecule has 1 aliphatic rings. The lowest BCUT2D eigenvalue weighted by molar-refractivity contribution is 0.366. The predicted octanol–water partition coefficient (Wildman–Crippen LogP) is 3.56. The number of unbranched alkanes of at least 4 members (excludes halogenated alkanes) is 1. The molecule has 2 heterocycles. The Kier molecular flexibility index (Phi) is 5.14. The molecule has 3 rings (SSSR count). The van der Waals surface area contributed by atoms with Crippen LogP contribution in [0.1, 0.15) is 40.0 Å². The van der Waals surface area contributed by atoms with Gasteiger partial charge in [-0.25, -0.2) is 4.98 Å². The van der Waals surface area contributed by atoms with E-state index < -0.39 is 0 Å². The van der Waals surface area contributed by atoms with Crippen LogP contribution in [0.25, 0.3) is 10.9 Å². The second-order valence-electron chi connectivity index (χ2n) is 7.90. The molecule has 1 aliphatic heterocycles. The van der Waals surface area contributed by atoms with Gasteiger partial charge in [-0.3, -0.25) is 0 Å². The first-order chi connectivity index (χ1) is 12.4. The van der Waals surface area contributed by atoms with Gasteiger partial charge in [0.2, 0.25) is 0 Å². The lowest BCUT2D eigenvalue weighted by Crippen LogP contribution is -2.44.